The first-order valence-corrected chi connectivity index (χ1v) is 5.87. The molecule has 0 aliphatic heterocycles. The van der Waals surface area contributed by atoms with Crippen LogP contribution in [0.5, 0.6) is 0 Å². The van der Waals surface area contributed by atoms with Crippen molar-refractivity contribution in [2.75, 3.05) is 5.32 Å². The Morgan fingerprint density at radius 3 is 2.72 bits per heavy atom. The van der Waals surface area contributed by atoms with Crippen molar-refractivity contribution in [2.24, 2.45) is 5.73 Å². The zero-order valence-electron chi connectivity index (χ0n) is 9.47. The minimum absolute atomic E-state index is 0.0894. The van der Waals surface area contributed by atoms with Crippen LogP contribution in [-0.4, -0.2) is 11.1 Å². The molecule has 1 rings (SSSR count). The fourth-order valence-corrected chi connectivity index (χ4v) is 1.31. The highest BCUT2D eigenvalue weighted by Gasteiger charge is 1.93. The Labute approximate surface area is 113 Å². The van der Waals surface area contributed by atoms with Gasteiger partial charge in [0, 0.05) is 10.2 Å². The highest BCUT2D eigenvalue weighted by molar-refractivity contribution is 9.10. The van der Waals surface area contributed by atoms with E-state index in [1.54, 1.807) is 0 Å². The van der Waals surface area contributed by atoms with Crippen LogP contribution in [0.2, 0.25) is 0 Å². The molecule has 0 saturated carbocycles. The van der Waals surface area contributed by atoms with E-state index in [1.807, 2.05) is 24.3 Å². The van der Waals surface area contributed by atoms with E-state index < -0.39 is 5.97 Å². The second-order valence-electron chi connectivity index (χ2n) is 3.31. The van der Waals surface area contributed by atoms with Crippen LogP contribution < -0.4 is 11.1 Å². The number of anilines is 1. The second kappa shape index (κ2) is 7.39. The van der Waals surface area contributed by atoms with E-state index in [0.29, 0.717) is 5.82 Å². The van der Waals surface area contributed by atoms with Gasteiger partial charge in [0.2, 0.25) is 0 Å². The summed E-state index contributed by atoms with van der Waals surface area (Å²) in [7, 11) is 0. The van der Waals surface area contributed by atoms with Crippen molar-refractivity contribution in [3.05, 3.63) is 53.2 Å². The minimum Gasteiger partial charge on any atom is -0.481 e. The Balaban J connectivity index is 2.40. The van der Waals surface area contributed by atoms with Gasteiger partial charge in [-0.15, -0.1) is 0 Å². The molecule has 0 saturated heterocycles. The lowest BCUT2D eigenvalue weighted by atomic mass is 10.3. The third kappa shape index (κ3) is 5.95. The zero-order valence-corrected chi connectivity index (χ0v) is 11.1. The highest BCUT2D eigenvalue weighted by Crippen LogP contribution is 2.14. The number of nitrogens with one attached hydrogen (secondary N) is 1. The van der Waals surface area contributed by atoms with Gasteiger partial charge in [-0.2, -0.15) is 0 Å². The number of rotatable bonds is 6. The van der Waals surface area contributed by atoms with Crippen molar-refractivity contribution in [1.29, 1.82) is 0 Å². The molecule has 0 unspecified atom stereocenters. The fourth-order valence-electron chi connectivity index (χ4n) is 1.05. The summed E-state index contributed by atoms with van der Waals surface area (Å²) in [6.45, 7) is 0. The van der Waals surface area contributed by atoms with Gasteiger partial charge in [-0.05, 0) is 30.3 Å². The van der Waals surface area contributed by atoms with Gasteiger partial charge in [0.15, 0.2) is 0 Å². The van der Waals surface area contributed by atoms with Crippen molar-refractivity contribution in [2.45, 2.75) is 6.42 Å². The Morgan fingerprint density at radius 2 is 2.11 bits per heavy atom. The largest absolute Gasteiger partial charge is 0.481 e. The number of hydrogen-bond donors (Lipinski definition) is 3. The molecule has 0 amide bonds. The summed E-state index contributed by atoms with van der Waals surface area (Å²) in [6, 6.07) is 7.46. The van der Waals surface area contributed by atoms with E-state index in [9.17, 15) is 4.79 Å². The summed E-state index contributed by atoms with van der Waals surface area (Å²) >= 11 is 3.33. The molecule has 96 valence electrons. The molecule has 0 heterocycles. The molecular formula is C12H13BrN2O3. The summed E-state index contributed by atoms with van der Waals surface area (Å²) in [5.74, 6) is -0.600. The molecule has 0 atom stereocenters. The SMILES string of the molecule is N/C(=C/O/C=C/CC(=O)O)Nc1ccc(Br)cc1. The van der Waals surface area contributed by atoms with Crippen molar-refractivity contribution < 1.29 is 14.6 Å². The average Bonchev–Trinajstić information content (AvgIpc) is 2.31. The van der Waals surface area contributed by atoms with Crippen LogP contribution >= 0.6 is 15.9 Å². The van der Waals surface area contributed by atoms with Crippen LogP contribution in [0.1, 0.15) is 6.42 Å². The van der Waals surface area contributed by atoms with Crippen LogP contribution in [0, 0.1) is 0 Å². The lowest BCUT2D eigenvalue weighted by molar-refractivity contribution is -0.136. The highest BCUT2D eigenvalue weighted by atomic mass is 79.9. The van der Waals surface area contributed by atoms with E-state index in [2.05, 4.69) is 21.2 Å². The van der Waals surface area contributed by atoms with Gasteiger partial charge >= 0.3 is 5.97 Å². The number of ether oxygens (including phenoxy) is 1. The van der Waals surface area contributed by atoms with Gasteiger partial charge in [-0.25, -0.2) is 0 Å². The third-order valence-corrected chi connectivity index (χ3v) is 2.32. The van der Waals surface area contributed by atoms with Crippen LogP contribution in [0.3, 0.4) is 0 Å². The van der Waals surface area contributed by atoms with E-state index >= 15 is 0 Å². The molecule has 0 aromatic heterocycles. The Kier molecular flexibility index (Phi) is 5.79. The summed E-state index contributed by atoms with van der Waals surface area (Å²) in [5.41, 5.74) is 6.47. The topological polar surface area (TPSA) is 84.6 Å². The summed E-state index contributed by atoms with van der Waals surface area (Å²) in [4.78, 5) is 10.2. The number of carboxylic acid groups (broad SMARTS) is 1. The molecule has 0 aliphatic carbocycles. The number of hydrogen-bond acceptors (Lipinski definition) is 4. The maximum atomic E-state index is 10.2. The number of aliphatic carboxylic acids is 1. The lowest BCUT2D eigenvalue weighted by Gasteiger charge is -2.05. The molecule has 1 aromatic carbocycles. The first-order valence-electron chi connectivity index (χ1n) is 5.08. The predicted molar refractivity (Wildman–Crippen MR) is 72.5 cm³/mol. The van der Waals surface area contributed by atoms with Gasteiger partial charge in [0.25, 0.3) is 0 Å². The normalized spacial score (nSPS) is 11.5. The summed E-state index contributed by atoms with van der Waals surface area (Å²) in [5, 5.41) is 11.3. The van der Waals surface area contributed by atoms with E-state index in [4.69, 9.17) is 15.6 Å². The molecule has 1 aromatic rings. The Morgan fingerprint density at radius 1 is 1.44 bits per heavy atom. The standard InChI is InChI=1S/C12H13BrN2O3/c13-9-3-5-10(6-4-9)15-11(14)8-18-7-1-2-12(16)17/h1,3-8,15H,2,14H2,(H,16,17)/b7-1+,11-8-. The molecule has 0 fully saturated rings. The number of benzene rings is 1. The van der Waals surface area contributed by atoms with Gasteiger partial charge in [0.05, 0.1) is 12.7 Å². The molecule has 4 N–H and O–H groups in total. The Hall–Kier alpha value is -1.95. The van der Waals surface area contributed by atoms with Crippen molar-refractivity contribution in [1.82, 2.24) is 0 Å². The van der Waals surface area contributed by atoms with E-state index in [1.165, 1.54) is 18.6 Å². The second-order valence-corrected chi connectivity index (χ2v) is 4.23. The third-order valence-electron chi connectivity index (χ3n) is 1.80. The van der Waals surface area contributed by atoms with Gasteiger partial charge in [-0.1, -0.05) is 15.9 Å². The minimum atomic E-state index is -0.917. The van der Waals surface area contributed by atoms with Gasteiger partial charge < -0.3 is 20.9 Å². The molecule has 6 heteroatoms. The monoisotopic (exact) mass is 312 g/mol. The smallest absolute Gasteiger partial charge is 0.307 e. The molecular weight excluding hydrogens is 300 g/mol. The maximum absolute atomic E-state index is 10.2. The van der Waals surface area contributed by atoms with Crippen molar-refractivity contribution >= 4 is 27.6 Å². The summed E-state index contributed by atoms with van der Waals surface area (Å²) in [6.07, 6.45) is 3.85. The van der Waals surface area contributed by atoms with Crippen LogP contribution in [0.15, 0.2) is 53.2 Å². The molecule has 0 spiro atoms. The quantitative estimate of drug-likeness (QED) is 0.703. The first kappa shape index (κ1) is 14.1. The fraction of sp³-hybridized carbons (Fsp3) is 0.0833. The number of nitrogens with two attached hydrogens (primary N) is 1. The van der Waals surface area contributed by atoms with E-state index in [-0.39, 0.29) is 6.42 Å². The molecule has 18 heavy (non-hydrogen) atoms. The number of carbonyl (C=O) groups is 1. The van der Waals surface area contributed by atoms with Crippen molar-refractivity contribution in [3.63, 3.8) is 0 Å². The van der Waals surface area contributed by atoms with Crippen LogP contribution in [0.25, 0.3) is 0 Å². The van der Waals surface area contributed by atoms with Crippen molar-refractivity contribution in [3.8, 4) is 0 Å². The van der Waals surface area contributed by atoms with Gasteiger partial charge in [0.1, 0.15) is 12.1 Å². The molecule has 5 nitrogen and oxygen atoms in total. The maximum Gasteiger partial charge on any atom is 0.307 e. The zero-order chi connectivity index (χ0) is 13.4. The molecule has 0 radical (unpaired) electrons. The van der Waals surface area contributed by atoms with E-state index in [0.717, 1.165) is 10.2 Å². The average molecular weight is 313 g/mol. The van der Waals surface area contributed by atoms with Crippen LogP contribution in [0.4, 0.5) is 5.69 Å². The van der Waals surface area contributed by atoms with Crippen LogP contribution in [-0.2, 0) is 9.53 Å². The first-order chi connectivity index (χ1) is 8.58. The summed E-state index contributed by atoms with van der Waals surface area (Å²) < 4.78 is 5.91. The predicted octanol–water partition coefficient (Wildman–Crippen LogP) is 2.62. The Bertz CT molecular complexity index is 455. The molecule has 0 aliphatic rings. The van der Waals surface area contributed by atoms with Gasteiger partial charge in [-0.3, -0.25) is 4.79 Å². The number of carboxylic acids is 1. The number of halogens is 1. The molecule has 0 bridgehead atoms. The lowest BCUT2D eigenvalue weighted by Crippen LogP contribution is -2.08.